The minimum atomic E-state index is -0.400. The van der Waals surface area contributed by atoms with Crippen LogP contribution < -0.4 is 4.90 Å². The molecule has 17 heavy (non-hydrogen) atoms. The Bertz CT molecular complexity index is 451. The Kier molecular flexibility index (Phi) is 2.78. The van der Waals surface area contributed by atoms with E-state index in [2.05, 4.69) is 5.10 Å². The number of anilines is 1. The van der Waals surface area contributed by atoms with Crippen LogP contribution in [0.25, 0.3) is 0 Å². The molecule has 1 aliphatic rings. The minimum Gasteiger partial charge on any atom is -0.393 e. The van der Waals surface area contributed by atoms with E-state index in [1.54, 1.807) is 21.0 Å². The maximum absolute atomic E-state index is 11.0. The largest absolute Gasteiger partial charge is 0.393 e. The van der Waals surface area contributed by atoms with Crippen molar-refractivity contribution in [3.63, 3.8) is 0 Å². The zero-order valence-corrected chi connectivity index (χ0v) is 10.1. The molecule has 1 aromatic heterocycles. The molecular weight excluding hydrogens is 224 g/mol. The maximum atomic E-state index is 11.0. The van der Waals surface area contributed by atoms with E-state index in [1.807, 2.05) is 4.90 Å². The maximum Gasteiger partial charge on any atom is 0.333 e. The molecule has 0 aliphatic heterocycles. The molecule has 0 spiro atoms. The number of rotatable bonds is 3. The van der Waals surface area contributed by atoms with Crippen molar-refractivity contribution in [3.8, 4) is 0 Å². The summed E-state index contributed by atoms with van der Waals surface area (Å²) in [7, 11) is 3.50. The third-order valence-corrected chi connectivity index (χ3v) is 3.31. The molecule has 0 unspecified atom stereocenters. The van der Waals surface area contributed by atoms with Gasteiger partial charge in [-0.15, -0.1) is 0 Å². The monoisotopic (exact) mass is 240 g/mol. The van der Waals surface area contributed by atoms with Crippen molar-refractivity contribution < 1.29 is 10.0 Å². The predicted molar refractivity (Wildman–Crippen MR) is 62.0 cm³/mol. The molecule has 7 nitrogen and oxygen atoms in total. The molecule has 1 fully saturated rings. The predicted octanol–water partition coefficient (Wildman–Crippen LogP) is 0.596. The molecular formula is C10H16N4O3. The van der Waals surface area contributed by atoms with Crippen molar-refractivity contribution >= 4 is 11.5 Å². The lowest BCUT2D eigenvalue weighted by Crippen LogP contribution is -2.46. The minimum absolute atomic E-state index is 0.0522. The van der Waals surface area contributed by atoms with Gasteiger partial charge in [0, 0.05) is 20.1 Å². The van der Waals surface area contributed by atoms with Gasteiger partial charge in [0.05, 0.1) is 11.0 Å². The van der Waals surface area contributed by atoms with Gasteiger partial charge in [-0.1, -0.05) is 0 Å². The second-order valence-electron chi connectivity index (χ2n) is 4.53. The standard InChI is InChI=1S/C10H16N4O3/c1-6-9(14(16)17)10(13(3)11-6)12(2)7-4-8(15)5-7/h7-8,15H,4-5H2,1-3H3. The first-order chi connectivity index (χ1) is 7.91. The zero-order chi connectivity index (χ0) is 12.7. The molecule has 0 atom stereocenters. The third-order valence-electron chi connectivity index (χ3n) is 3.31. The van der Waals surface area contributed by atoms with Crippen LogP contribution >= 0.6 is 0 Å². The van der Waals surface area contributed by atoms with Crippen LogP contribution in [0, 0.1) is 17.0 Å². The van der Waals surface area contributed by atoms with Gasteiger partial charge in [0.1, 0.15) is 5.69 Å². The van der Waals surface area contributed by atoms with Gasteiger partial charge in [-0.25, -0.2) is 4.68 Å². The summed E-state index contributed by atoms with van der Waals surface area (Å²) in [5.41, 5.74) is 0.468. The van der Waals surface area contributed by atoms with E-state index in [0.717, 1.165) is 0 Å². The number of aliphatic hydroxyl groups excluding tert-OH is 1. The molecule has 1 aliphatic carbocycles. The highest BCUT2D eigenvalue weighted by molar-refractivity contribution is 5.61. The van der Waals surface area contributed by atoms with Gasteiger partial charge in [-0.3, -0.25) is 10.1 Å². The van der Waals surface area contributed by atoms with Crippen molar-refractivity contribution in [2.75, 3.05) is 11.9 Å². The summed E-state index contributed by atoms with van der Waals surface area (Å²) in [5, 5.41) is 24.4. The molecule has 7 heteroatoms. The summed E-state index contributed by atoms with van der Waals surface area (Å²) in [6.07, 6.45) is 1.02. The smallest absolute Gasteiger partial charge is 0.333 e. The number of aromatic nitrogens is 2. The Labute approximate surface area is 98.8 Å². The summed E-state index contributed by atoms with van der Waals surface area (Å²) >= 11 is 0. The number of hydrogen-bond acceptors (Lipinski definition) is 5. The second kappa shape index (κ2) is 3.99. The van der Waals surface area contributed by atoms with Gasteiger partial charge < -0.3 is 10.0 Å². The molecule has 94 valence electrons. The van der Waals surface area contributed by atoms with Crippen molar-refractivity contribution in [2.45, 2.75) is 31.9 Å². The van der Waals surface area contributed by atoms with Crippen LogP contribution in [0.15, 0.2) is 0 Å². The van der Waals surface area contributed by atoms with Crippen LogP contribution in [0.2, 0.25) is 0 Å². The molecule has 0 bridgehead atoms. The van der Waals surface area contributed by atoms with Gasteiger partial charge in [0.15, 0.2) is 0 Å². The fourth-order valence-corrected chi connectivity index (χ4v) is 2.29. The molecule has 1 N–H and O–H groups in total. The average molecular weight is 240 g/mol. The van der Waals surface area contributed by atoms with Gasteiger partial charge >= 0.3 is 5.69 Å². The summed E-state index contributed by atoms with van der Waals surface area (Å²) in [6, 6.07) is 0.151. The van der Waals surface area contributed by atoms with Gasteiger partial charge in [-0.05, 0) is 19.8 Å². The van der Waals surface area contributed by atoms with Gasteiger partial charge in [0.25, 0.3) is 0 Å². The van der Waals surface area contributed by atoms with E-state index in [9.17, 15) is 15.2 Å². The molecule has 0 amide bonds. The van der Waals surface area contributed by atoms with E-state index in [-0.39, 0.29) is 17.8 Å². The summed E-state index contributed by atoms with van der Waals surface area (Å²) in [4.78, 5) is 12.5. The Hall–Kier alpha value is -1.63. The number of nitrogens with zero attached hydrogens (tertiary/aromatic N) is 4. The Balaban J connectivity index is 2.34. The molecule has 1 heterocycles. The van der Waals surface area contributed by atoms with E-state index < -0.39 is 4.92 Å². The van der Waals surface area contributed by atoms with E-state index in [1.165, 1.54) is 4.68 Å². The van der Waals surface area contributed by atoms with Crippen molar-refractivity contribution in [3.05, 3.63) is 15.8 Å². The van der Waals surface area contributed by atoms with E-state index in [4.69, 9.17) is 0 Å². The highest BCUT2D eigenvalue weighted by atomic mass is 16.6. The Morgan fingerprint density at radius 1 is 1.59 bits per heavy atom. The van der Waals surface area contributed by atoms with Crippen LogP contribution in [0.3, 0.4) is 0 Å². The van der Waals surface area contributed by atoms with Crippen LogP contribution in [0.5, 0.6) is 0 Å². The summed E-state index contributed by atoms with van der Waals surface area (Å²) in [5.74, 6) is 0.504. The van der Waals surface area contributed by atoms with E-state index >= 15 is 0 Å². The molecule has 2 rings (SSSR count). The lowest BCUT2D eigenvalue weighted by atomic mass is 9.88. The van der Waals surface area contributed by atoms with Gasteiger partial charge in [-0.2, -0.15) is 5.10 Å². The Morgan fingerprint density at radius 3 is 2.65 bits per heavy atom. The van der Waals surface area contributed by atoms with Crippen molar-refractivity contribution in [1.82, 2.24) is 9.78 Å². The first-order valence-electron chi connectivity index (χ1n) is 5.50. The molecule has 1 saturated carbocycles. The fourth-order valence-electron chi connectivity index (χ4n) is 2.29. The Morgan fingerprint density at radius 2 is 2.18 bits per heavy atom. The molecule has 0 saturated heterocycles. The highest BCUT2D eigenvalue weighted by Crippen LogP contribution is 2.35. The van der Waals surface area contributed by atoms with Crippen molar-refractivity contribution in [2.24, 2.45) is 7.05 Å². The van der Waals surface area contributed by atoms with Crippen LogP contribution in [0.1, 0.15) is 18.5 Å². The van der Waals surface area contributed by atoms with Crippen LogP contribution in [-0.2, 0) is 7.05 Å². The summed E-state index contributed by atoms with van der Waals surface area (Å²) < 4.78 is 1.53. The lowest BCUT2D eigenvalue weighted by molar-refractivity contribution is -0.384. The number of nitro groups is 1. The summed E-state index contributed by atoms with van der Waals surface area (Å²) in [6.45, 7) is 1.63. The number of hydrogen-bond donors (Lipinski definition) is 1. The number of aryl methyl sites for hydroxylation is 2. The van der Waals surface area contributed by atoms with Crippen molar-refractivity contribution in [1.29, 1.82) is 0 Å². The second-order valence-corrected chi connectivity index (χ2v) is 4.53. The van der Waals surface area contributed by atoms with Crippen LogP contribution in [-0.4, -0.2) is 39.0 Å². The first-order valence-corrected chi connectivity index (χ1v) is 5.50. The third kappa shape index (κ3) is 1.86. The average Bonchev–Trinajstić information content (AvgIpc) is 2.47. The van der Waals surface area contributed by atoms with Crippen LogP contribution in [0.4, 0.5) is 11.5 Å². The topological polar surface area (TPSA) is 84.4 Å². The fraction of sp³-hybridized carbons (Fsp3) is 0.700. The highest BCUT2D eigenvalue weighted by Gasteiger charge is 2.36. The molecule has 1 aromatic rings. The molecule has 0 aromatic carbocycles. The van der Waals surface area contributed by atoms with E-state index in [0.29, 0.717) is 24.4 Å². The lowest BCUT2D eigenvalue weighted by Gasteiger charge is -2.39. The normalized spacial score (nSPS) is 23.3. The molecule has 0 radical (unpaired) electrons. The quantitative estimate of drug-likeness (QED) is 0.617. The number of aliphatic hydroxyl groups is 1. The SMILES string of the molecule is Cc1nn(C)c(N(C)C2CC(O)C2)c1[N+](=O)[O-]. The van der Waals surface area contributed by atoms with Gasteiger partial charge in [0.2, 0.25) is 5.82 Å². The first kappa shape index (κ1) is 11.8. The zero-order valence-electron chi connectivity index (χ0n) is 10.1.